The molecule has 80 valence electrons. The van der Waals surface area contributed by atoms with Gasteiger partial charge in [0.05, 0.1) is 4.60 Å². The van der Waals surface area contributed by atoms with Crippen molar-refractivity contribution in [3.05, 3.63) is 21.9 Å². The third kappa shape index (κ3) is 2.83. The van der Waals surface area contributed by atoms with Crippen LogP contribution in [0, 0.1) is 0 Å². The first-order valence-electron chi connectivity index (χ1n) is 4.99. The molecule has 0 saturated heterocycles. The summed E-state index contributed by atoms with van der Waals surface area (Å²) in [7, 11) is 0. The van der Waals surface area contributed by atoms with Gasteiger partial charge in [0.2, 0.25) is 0 Å². The van der Waals surface area contributed by atoms with Crippen LogP contribution in [-0.2, 0) is 13.1 Å². The normalized spacial score (nSPS) is 11.2. The van der Waals surface area contributed by atoms with Crippen LogP contribution in [0.5, 0.6) is 0 Å². The highest BCUT2D eigenvalue weighted by Crippen LogP contribution is 2.18. The summed E-state index contributed by atoms with van der Waals surface area (Å²) in [6.07, 6.45) is 0. The monoisotopic (exact) mass is 259 g/mol. The molecule has 0 aliphatic heterocycles. The summed E-state index contributed by atoms with van der Waals surface area (Å²) >= 11 is 3.51. The van der Waals surface area contributed by atoms with Crippen LogP contribution in [0.3, 0.4) is 0 Å². The highest BCUT2D eigenvalue weighted by atomic mass is 79.9. The Kier molecular flexibility index (Phi) is 4.65. The molecule has 0 atom stereocenters. The lowest BCUT2D eigenvalue weighted by molar-refractivity contribution is 0.295. The van der Waals surface area contributed by atoms with E-state index in [1.54, 1.807) is 0 Å². The summed E-state index contributed by atoms with van der Waals surface area (Å²) < 4.78 is 1.06. The molecular weight excluding hydrogens is 242 g/mol. The second-order valence-corrected chi connectivity index (χ2v) is 4.09. The molecule has 1 aromatic rings. The molecule has 1 heterocycles. The van der Waals surface area contributed by atoms with E-state index in [1.807, 2.05) is 0 Å². The van der Waals surface area contributed by atoms with Gasteiger partial charge in [-0.05, 0) is 40.6 Å². The van der Waals surface area contributed by atoms with Crippen molar-refractivity contribution in [2.24, 2.45) is 5.73 Å². The van der Waals surface area contributed by atoms with Gasteiger partial charge in [-0.1, -0.05) is 13.8 Å². The van der Waals surface area contributed by atoms with Gasteiger partial charge in [0.15, 0.2) is 0 Å². The zero-order valence-corrected chi connectivity index (χ0v) is 10.4. The van der Waals surface area contributed by atoms with Gasteiger partial charge >= 0.3 is 0 Å². The van der Waals surface area contributed by atoms with E-state index >= 15 is 0 Å². The minimum absolute atomic E-state index is 0.566. The number of rotatable bonds is 5. The van der Waals surface area contributed by atoms with Crippen LogP contribution in [0.1, 0.15) is 25.1 Å². The maximum absolute atomic E-state index is 5.56. The van der Waals surface area contributed by atoms with E-state index in [0.717, 1.165) is 29.9 Å². The number of nitrogens with zero attached hydrogens (tertiary/aromatic N) is 1. The van der Waals surface area contributed by atoms with Gasteiger partial charge in [0.25, 0.3) is 0 Å². The number of halogens is 1. The van der Waals surface area contributed by atoms with E-state index in [0.29, 0.717) is 6.54 Å². The van der Waals surface area contributed by atoms with E-state index in [-0.39, 0.29) is 0 Å². The number of hydrogen-bond acceptors (Lipinski definition) is 2. The molecule has 0 aromatic carbocycles. The predicted octanol–water partition coefficient (Wildman–Crippen LogP) is 2.08. The maximum atomic E-state index is 5.56. The molecule has 0 fully saturated rings. The predicted molar refractivity (Wildman–Crippen MR) is 63.0 cm³/mol. The SMILES string of the molecule is CCN(CC)Cc1cc(CN)[nH]c1Br. The number of hydrogen-bond donors (Lipinski definition) is 2. The smallest absolute Gasteiger partial charge is 0.0868 e. The van der Waals surface area contributed by atoms with Crippen molar-refractivity contribution in [2.75, 3.05) is 13.1 Å². The lowest BCUT2D eigenvalue weighted by Crippen LogP contribution is -2.21. The molecule has 4 heteroatoms. The minimum Gasteiger partial charge on any atom is -0.352 e. The van der Waals surface area contributed by atoms with Gasteiger partial charge in [0.1, 0.15) is 0 Å². The average molecular weight is 260 g/mol. The Morgan fingerprint density at radius 3 is 2.50 bits per heavy atom. The van der Waals surface area contributed by atoms with Gasteiger partial charge in [-0.2, -0.15) is 0 Å². The molecule has 1 rings (SSSR count). The van der Waals surface area contributed by atoms with Crippen LogP contribution in [0.15, 0.2) is 10.7 Å². The molecule has 0 aliphatic carbocycles. The van der Waals surface area contributed by atoms with Gasteiger partial charge < -0.3 is 10.7 Å². The van der Waals surface area contributed by atoms with Crippen molar-refractivity contribution >= 4 is 15.9 Å². The summed E-state index contributed by atoms with van der Waals surface area (Å²) in [6.45, 7) is 8.04. The quantitative estimate of drug-likeness (QED) is 0.851. The Morgan fingerprint density at radius 1 is 1.43 bits per heavy atom. The number of nitrogens with one attached hydrogen (secondary N) is 1. The van der Waals surface area contributed by atoms with Crippen LogP contribution in [-0.4, -0.2) is 23.0 Å². The largest absolute Gasteiger partial charge is 0.352 e. The van der Waals surface area contributed by atoms with Crippen molar-refractivity contribution in [3.8, 4) is 0 Å². The van der Waals surface area contributed by atoms with Crippen LogP contribution in [0.4, 0.5) is 0 Å². The van der Waals surface area contributed by atoms with E-state index in [1.165, 1.54) is 5.56 Å². The zero-order chi connectivity index (χ0) is 10.6. The molecule has 0 saturated carbocycles. The minimum atomic E-state index is 0.566. The highest BCUT2D eigenvalue weighted by Gasteiger charge is 2.07. The fraction of sp³-hybridized carbons (Fsp3) is 0.600. The Bertz CT molecular complexity index is 279. The topological polar surface area (TPSA) is 45.0 Å². The Labute approximate surface area is 93.8 Å². The molecule has 1 aromatic heterocycles. The Morgan fingerprint density at radius 2 is 2.07 bits per heavy atom. The second kappa shape index (κ2) is 5.53. The molecule has 3 N–H and O–H groups in total. The van der Waals surface area contributed by atoms with Crippen LogP contribution in [0.25, 0.3) is 0 Å². The Balaban J connectivity index is 2.69. The van der Waals surface area contributed by atoms with Crippen molar-refractivity contribution in [1.82, 2.24) is 9.88 Å². The fourth-order valence-corrected chi connectivity index (χ4v) is 1.94. The molecule has 0 radical (unpaired) electrons. The molecule has 14 heavy (non-hydrogen) atoms. The number of aromatic nitrogens is 1. The highest BCUT2D eigenvalue weighted by molar-refractivity contribution is 9.10. The standard InChI is InChI=1S/C10H18BrN3/c1-3-14(4-2)7-8-5-9(6-12)13-10(8)11/h5,13H,3-4,6-7,12H2,1-2H3. The van der Waals surface area contributed by atoms with Crippen LogP contribution >= 0.6 is 15.9 Å². The summed E-state index contributed by atoms with van der Waals surface area (Å²) in [4.78, 5) is 5.58. The van der Waals surface area contributed by atoms with Gasteiger partial charge in [-0.15, -0.1) is 0 Å². The van der Waals surface area contributed by atoms with Crippen molar-refractivity contribution in [2.45, 2.75) is 26.9 Å². The molecule has 0 amide bonds. The van der Waals surface area contributed by atoms with Crippen LogP contribution in [0.2, 0.25) is 0 Å². The zero-order valence-electron chi connectivity index (χ0n) is 8.81. The maximum Gasteiger partial charge on any atom is 0.0868 e. The first-order valence-corrected chi connectivity index (χ1v) is 5.79. The number of nitrogens with two attached hydrogens (primary N) is 1. The Hall–Kier alpha value is -0.320. The van der Waals surface area contributed by atoms with Crippen molar-refractivity contribution in [3.63, 3.8) is 0 Å². The lowest BCUT2D eigenvalue weighted by Gasteiger charge is -2.17. The molecule has 0 unspecified atom stereocenters. The molecular formula is C10H18BrN3. The van der Waals surface area contributed by atoms with E-state index < -0.39 is 0 Å². The third-order valence-electron chi connectivity index (χ3n) is 2.41. The van der Waals surface area contributed by atoms with Crippen LogP contribution < -0.4 is 5.73 Å². The summed E-state index contributed by atoms with van der Waals surface area (Å²) in [5.74, 6) is 0. The van der Waals surface area contributed by atoms with Gasteiger partial charge in [0, 0.05) is 18.8 Å². The summed E-state index contributed by atoms with van der Waals surface area (Å²) in [5, 5.41) is 0. The first-order chi connectivity index (χ1) is 6.71. The average Bonchev–Trinajstić information content (AvgIpc) is 2.56. The van der Waals surface area contributed by atoms with Gasteiger partial charge in [-0.3, -0.25) is 4.90 Å². The molecule has 3 nitrogen and oxygen atoms in total. The number of aromatic amines is 1. The van der Waals surface area contributed by atoms with E-state index in [2.05, 4.69) is 45.7 Å². The lowest BCUT2D eigenvalue weighted by atomic mass is 10.3. The summed E-state index contributed by atoms with van der Waals surface area (Å²) in [5.41, 5.74) is 7.93. The van der Waals surface area contributed by atoms with Crippen molar-refractivity contribution in [1.29, 1.82) is 0 Å². The molecule has 0 spiro atoms. The summed E-state index contributed by atoms with van der Waals surface area (Å²) in [6, 6.07) is 2.13. The second-order valence-electron chi connectivity index (χ2n) is 3.30. The number of H-pyrrole nitrogens is 1. The van der Waals surface area contributed by atoms with Gasteiger partial charge in [-0.25, -0.2) is 0 Å². The third-order valence-corrected chi connectivity index (χ3v) is 3.12. The fourth-order valence-electron chi connectivity index (χ4n) is 1.44. The first kappa shape index (κ1) is 11.8. The molecule has 0 bridgehead atoms. The molecule has 0 aliphatic rings. The van der Waals surface area contributed by atoms with E-state index in [4.69, 9.17) is 5.73 Å². The van der Waals surface area contributed by atoms with Crippen molar-refractivity contribution < 1.29 is 0 Å². The van der Waals surface area contributed by atoms with E-state index in [9.17, 15) is 0 Å².